The van der Waals surface area contributed by atoms with Gasteiger partial charge in [-0.3, -0.25) is 0 Å². The third kappa shape index (κ3) is 3.65. The van der Waals surface area contributed by atoms with Gasteiger partial charge >= 0.3 is 0 Å². The lowest BCUT2D eigenvalue weighted by atomic mass is 10.1. The molecular weight excluding hydrogens is 304 g/mol. The van der Waals surface area contributed by atoms with Gasteiger partial charge in [0.25, 0.3) is 5.22 Å². The molecule has 3 rings (SSSR count). The molecule has 0 aliphatic rings. The number of thioether (sulfide) groups is 1. The molecule has 106 valence electrons. The van der Waals surface area contributed by atoms with Crippen LogP contribution in [0.4, 0.5) is 0 Å². The summed E-state index contributed by atoms with van der Waals surface area (Å²) in [6.07, 6.45) is 0. The Morgan fingerprint density at radius 3 is 2.67 bits per heavy atom. The average molecular weight is 317 g/mol. The zero-order valence-corrected chi connectivity index (χ0v) is 13.0. The highest BCUT2D eigenvalue weighted by Gasteiger charge is 2.09. The normalized spacial score (nSPS) is 10.8. The van der Waals surface area contributed by atoms with E-state index in [0.29, 0.717) is 11.1 Å². The van der Waals surface area contributed by atoms with E-state index >= 15 is 0 Å². The molecule has 0 aliphatic carbocycles. The van der Waals surface area contributed by atoms with Crippen LogP contribution < -0.4 is 0 Å². The summed E-state index contributed by atoms with van der Waals surface area (Å²) < 4.78 is 5.68. The Labute approximate surface area is 132 Å². The first-order valence-electron chi connectivity index (χ1n) is 6.48. The molecule has 0 spiro atoms. The minimum atomic E-state index is 0.553. The second-order valence-corrected chi connectivity index (χ2v) is 6.02. The minimum Gasteiger partial charge on any atom is -0.411 e. The number of halogens is 1. The van der Waals surface area contributed by atoms with Gasteiger partial charge in [-0.2, -0.15) is 0 Å². The van der Waals surface area contributed by atoms with Crippen LogP contribution in [0.2, 0.25) is 5.02 Å². The summed E-state index contributed by atoms with van der Waals surface area (Å²) in [6, 6.07) is 15.8. The molecule has 3 nitrogen and oxygen atoms in total. The fourth-order valence-electron chi connectivity index (χ4n) is 1.89. The predicted molar refractivity (Wildman–Crippen MR) is 85.5 cm³/mol. The zero-order chi connectivity index (χ0) is 14.7. The van der Waals surface area contributed by atoms with Crippen LogP contribution in [-0.4, -0.2) is 10.2 Å². The van der Waals surface area contributed by atoms with E-state index in [1.807, 2.05) is 55.5 Å². The molecule has 1 aromatic heterocycles. The number of aromatic nitrogens is 2. The highest BCUT2D eigenvalue weighted by Crippen LogP contribution is 2.26. The summed E-state index contributed by atoms with van der Waals surface area (Å²) in [6.45, 7) is 2.04. The van der Waals surface area contributed by atoms with Crippen molar-refractivity contribution in [3.8, 4) is 11.5 Å². The van der Waals surface area contributed by atoms with Gasteiger partial charge in [0.15, 0.2) is 0 Å². The third-order valence-electron chi connectivity index (χ3n) is 2.95. The fourth-order valence-corrected chi connectivity index (χ4v) is 2.73. The number of benzene rings is 2. The van der Waals surface area contributed by atoms with Crippen LogP contribution in [0.3, 0.4) is 0 Å². The van der Waals surface area contributed by atoms with E-state index < -0.39 is 0 Å². The van der Waals surface area contributed by atoms with E-state index in [1.165, 1.54) is 22.9 Å². The molecule has 0 saturated carbocycles. The van der Waals surface area contributed by atoms with Crippen LogP contribution in [0.1, 0.15) is 11.1 Å². The predicted octanol–water partition coefficient (Wildman–Crippen LogP) is 4.99. The number of rotatable bonds is 4. The number of aryl methyl sites for hydroxylation is 1. The molecular formula is C16H13ClN2OS. The van der Waals surface area contributed by atoms with Crippen molar-refractivity contribution in [1.82, 2.24) is 10.2 Å². The van der Waals surface area contributed by atoms with Gasteiger partial charge in [0.2, 0.25) is 5.89 Å². The Morgan fingerprint density at radius 1 is 1.10 bits per heavy atom. The van der Waals surface area contributed by atoms with E-state index in [2.05, 4.69) is 10.2 Å². The minimum absolute atomic E-state index is 0.553. The van der Waals surface area contributed by atoms with Crippen LogP contribution in [0.25, 0.3) is 11.5 Å². The highest BCUT2D eigenvalue weighted by atomic mass is 35.5. The Balaban J connectivity index is 1.69. The lowest BCUT2D eigenvalue weighted by Crippen LogP contribution is -1.79. The maximum absolute atomic E-state index is 5.87. The van der Waals surface area contributed by atoms with Crippen molar-refractivity contribution >= 4 is 23.4 Å². The first-order chi connectivity index (χ1) is 10.2. The van der Waals surface area contributed by atoms with E-state index in [4.69, 9.17) is 16.0 Å². The maximum atomic E-state index is 5.87. The molecule has 0 unspecified atom stereocenters. The molecule has 0 atom stereocenters. The van der Waals surface area contributed by atoms with Gasteiger partial charge < -0.3 is 4.42 Å². The van der Waals surface area contributed by atoms with Crippen molar-refractivity contribution in [2.45, 2.75) is 17.9 Å². The summed E-state index contributed by atoms with van der Waals surface area (Å²) >= 11 is 7.38. The zero-order valence-electron chi connectivity index (χ0n) is 11.4. The number of hydrogen-bond acceptors (Lipinski definition) is 4. The Kier molecular flexibility index (Phi) is 4.27. The summed E-state index contributed by atoms with van der Waals surface area (Å²) in [7, 11) is 0. The van der Waals surface area contributed by atoms with Crippen molar-refractivity contribution in [3.63, 3.8) is 0 Å². The van der Waals surface area contributed by atoms with Gasteiger partial charge in [-0.05, 0) is 36.8 Å². The molecule has 21 heavy (non-hydrogen) atoms. The molecule has 0 aliphatic heterocycles. The summed E-state index contributed by atoms with van der Waals surface area (Å²) in [5, 5.41) is 9.48. The van der Waals surface area contributed by atoms with Crippen molar-refractivity contribution in [1.29, 1.82) is 0 Å². The molecule has 2 aromatic carbocycles. The first-order valence-corrected chi connectivity index (χ1v) is 7.85. The lowest BCUT2D eigenvalue weighted by molar-refractivity contribution is 0.466. The fraction of sp³-hybridized carbons (Fsp3) is 0.125. The molecule has 5 heteroatoms. The molecule has 0 N–H and O–H groups in total. The van der Waals surface area contributed by atoms with E-state index in [0.717, 1.165) is 16.3 Å². The van der Waals surface area contributed by atoms with E-state index in [-0.39, 0.29) is 0 Å². The monoisotopic (exact) mass is 316 g/mol. The Morgan fingerprint density at radius 2 is 1.90 bits per heavy atom. The van der Waals surface area contributed by atoms with E-state index in [1.54, 1.807) is 0 Å². The van der Waals surface area contributed by atoms with Crippen LogP contribution in [0, 0.1) is 6.92 Å². The van der Waals surface area contributed by atoms with Gasteiger partial charge in [-0.25, -0.2) is 0 Å². The van der Waals surface area contributed by atoms with Gasteiger partial charge in [0.1, 0.15) is 0 Å². The largest absolute Gasteiger partial charge is 0.411 e. The SMILES string of the molecule is Cc1cccc(-c2nnc(SCc3ccc(Cl)cc3)o2)c1. The van der Waals surface area contributed by atoms with E-state index in [9.17, 15) is 0 Å². The van der Waals surface area contributed by atoms with Gasteiger partial charge in [0, 0.05) is 16.3 Å². The second-order valence-electron chi connectivity index (χ2n) is 4.66. The summed E-state index contributed by atoms with van der Waals surface area (Å²) in [4.78, 5) is 0. The van der Waals surface area contributed by atoms with Crippen LogP contribution in [0.5, 0.6) is 0 Å². The van der Waals surface area contributed by atoms with Crippen LogP contribution >= 0.6 is 23.4 Å². The highest BCUT2D eigenvalue weighted by molar-refractivity contribution is 7.98. The smallest absolute Gasteiger partial charge is 0.277 e. The van der Waals surface area contributed by atoms with Gasteiger partial charge in [-0.1, -0.05) is 53.2 Å². The maximum Gasteiger partial charge on any atom is 0.277 e. The average Bonchev–Trinajstić information content (AvgIpc) is 2.96. The third-order valence-corrected chi connectivity index (χ3v) is 4.09. The van der Waals surface area contributed by atoms with Crippen LogP contribution in [-0.2, 0) is 5.75 Å². The topological polar surface area (TPSA) is 38.9 Å². The molecule has 3 aromatic rings. The van der Waals surface area contributed by atoms with Crippen molar-refractivity contribution in [2.75, 3.05) is 0 Å². The van der Waals surface area contributed by atoms with Gasteiger partial charge in [0.05, 0.1) is 0 Å². The Hall–Kier alpha value is -1.78. The summed E-state index contributed by atoms with van der Waals surface area (Å²) in [5.41, 5.74) is 3.28. The first kappa shape index (κ1) is 14.2. The molecule has 0 fully saturated rings. The second kappa shape index (κ2) is 6.33. The van der Waals surface area contributed by atoms with Crippen LogP contribution in [0.15, 0.2) is 58.2 Å². The molecule has 0 saturated heterocycles. The van der Waals surface area contributed by atoms with Gasteiger partial charge in [-0.15, -0.1) is 10.2 Å². The molecule has 0 radical (unpaired) electrons. The molecule has 0 bridgehead atoms. The Bertz CT molecular complexity index is 740. The number of hydrogen-bond donors (Lipinski definition) is 0. The quantitative estimate of drug-likeness (QED) is 0.636. The number of nitrogens with zero attached hydrogens (tertiary/aromatic N) is 2. The van der Waals surface area contributed by atoms with Crippen molar-refractivity contribution < 1.29 is 4.42 Å². The van der Waals surface area contributed by atoms with Crippen molar-refractivity contribution in [2.24, 2.45) is 0 Å². The summed E-state index contributed by atoms with van der Waals surface area (Å²) in [5.74, 6) is 1.32. The molecule has 0 amide bonds. The van der Waals surface area contributed by atoms with Crippen molar-refractivity contribution in [3.05, 3.63) is 64.7 Å². The lowest BCUT2D eigenvalue weighted by Gasteiger charge is -1.98. The standard InChI is InChI=1S/C16H13ClN2OS/c1-11-3-2-4-13(9-11)15-18-19-16(20-15)21-10-12-5-7-14(17)8-6-12/h2-9H,10H2,1H3. The molecule has 1 heterocycles.